The Kier molecular flexibility index (Phi) is 4.31. The summed E-state index contributed by atoms with van der Waals surface area (Å²) in [6.07, 6.45) is 7.54. The van der Waals surface area contributed by atoms with Crippen molar-refractivity contribution in [3.05, 3.63) is 28.4 Å². The van der Waals surface area contributed by atoms with E-state index in [-0.39, 0.29) is 12.2 Å². The molecule has 0 saturated heterocycles. The Bertz CT molecular complexity index is 644. The number of hydrogen-bond acceptors (Lipinski definition) is 5. The zero-order valence-electron chi connectivity index (χ0n) is 12.0. The van der Waals surface area contributed by atoms with Crippen LogP contribution in [0.5, 0.6) is 0 Å². The van der Waals surface area contributed by atoms with Crippen LogP contribution in [0.4, 0.5) is 0 Å². The molecule has 21 heavy (non-hydrogen) atoms. The van der Waals surface area contributed by atoms with E-state index >= 15 is 0 Å². The van der Waals surface area contributed by atoms with Crippen LogP contribution in [-0.2, 0) is 6.54 Å². The van der Waals surface area contributed by atoms with Gasteiger partial charge >= 0.3 is 0 Å². The van der Waals surface area contributed by atoms with Gasteiger partial charge in [0.1, 0.15) is 6.33 Å². The Morgan fingerprint density at radius 1 is 1.38 bits per heavy atom. The van der Waals surface area contributed by atoms with Crippen LogP contribution in [-0.4, -0.2) is 48.8 Å². The minimum Gasteiger partial charge on any atom is -0.395 e. The molecule has 0 amide bonds. The van der Waals surface area contributed by atoms with E-state index in [1.54, 1.807) is 6.07 Å². The van der Waals surface area contributed by atoms with Gasteiger partial charge in [-0.15, -0.1) is 0 Å². The molecular weight excluding hydrogens is 270 g/mol. The molecule has 3 rings (SSSR count). The average molecular weight is 291 g/mol. The standard InChI is InChI=1S/C14H21N5O2/c20-7-6-18(12-4-2-1-3-5-12)9-11-8-13(21)19-14(17-11)15-10-16-19/h8,10,12,20H,1-7,9H2,(H,15,16,17). The summed E-state index contributed by atoms with van der Waals surface area (Å²) in [5, 5.41) is 12.0. The highest BCUT2D eigenvalue weighted by molar-refractivity contribution is 5.26. The molecule has 1 fully saturated rings. The topological polar surface area (TPSA) is 86.5 Å². The van der Waals surface area contributed by atoms with Crippen molar-refractivity contribution in [2.24, 2.45) is 0 Å². The van der Waals surface area contributed by atoms with Crippen LogP contribution >= 0.6 is 0 Å². The fraction of sp³-hybridized carbons (Fsp3) is 0.643. The summed E-state index contributed by atoms with van der Waals surface area (Å²) < 4.78 is 1.32. The van der Waals surface area contributed by atoms with Crippen molar-refractivity contribution in [1.29, 1.82) is 0 Å². The van der Waals surface area contributed by atoms with E-state index in [9.17, 15) is 9.90 Å². The summed E-state index contributed by atoms with van der Waals surface area (Å²) in [5.41, 5.74) is 0.561. The Balaban J connectivity index is 1.81. The minimum atomic E-state index is -0.153. The van der Waals surface area contributed by atoms with Gasteiger partial charge in [-0.1, -0.05) is 19.3 Å². The molecule has 0 unspecified atom stereocenters. The first kappa shape index (κ1) is 14.2. The summed E-state index contributed by atoms with van der Waals surface area (Å²) in [6.45, 7) is 1.33. The van der Waals surface area contributed by atoms with Crippen molar-refractivity contribution >= 4 is 5.78 Å². The maximum absolute atomic E-state index is 12.0. The fourth-order valence-corrected chi connectivity index (χ4v) is 3.12. The van der Waals surface area contributed by atoms with Gasteiger partial charge in [-0.2, -0.15) is 4.52 Å². The first-order valence-electron chi connectivity index (χ1n) is 7.55. The van der Waals surface area contributed by atoms with Gasteiger partial charge in [-0.3, -0.25) is 14.8 Å². The number of nitrogens with zero attached hydrogens (tertiary/aromatic N) is 4. The molecule has 7 nitrogen and oxygen atoms in total. The highest BCUT2D eigenvalue weighted by atomic mass is 16.3. The van der Waals surface area contributed by atoms with Crippen LogP contribution in [0.3, 0.4) is 0 Å². The van der Waals surface area contributed by atoms with Crippen molar-refractivity contribution in [2.75, 3.05) is 13.2 Å². The van der Waals surface area contributed by atoms with Gasteiger partial charge in [-0.25, -0.2) is 9.97 Å². The smallest absolute Gasteiger partial charge is 0.274 e. The molecule has 0 atom stereocenters. The predicted octanol–water partition coefficient (Wildman–Crippen LogP) is 0.545. The Morgan fingerprint density at radius 2 is 2.19 bits per heavy atom. The van der Waals surface area contributed by atoms with Gasteiger partial charge in [0.2, 0.25) is 0 Å². The molecule has 114 valence electrons. The number of H-pyrrole nitrogens is 1. The molecule has 2 aromatic heterocycles. The van der Waals surface area contributed by atoms with Gasteiger partial charge in [0, 0.05) is 25.2 Å². The molecule has 0 bridgehead atoms. The van der Waals surface area contributed by atoms with Gasteiger partial charge in [-0.05, 0) is 12.8 Å². The summed E-state index contributed by atoms with van der Waals surface area (Å²) in [4.78, 5) is 22.6. The zero-order valence-corrected chi connectivity index (χ0v) is 12.0. The van der Waals surface area contributed by atoms with Crippen molar-refractivity contribution in [1.82, 2.24) is 24.5 Å². The Morgan fingerprint density at radius 3 is 2.95 bits per heavy atom. The molecule has 7 heteroatoms. The highest BCUT2D eigenvalue weighted by Crippen LogP contribution is 2.23. The molecule has 2 N–H and O–H groups in total. The number of aromatic amines is 1. The van der Waals surface area contributed by atoms with Crippen molar-refractivity contribution in [2.45, 2.75) is 44.7 Å². The van der Waals surface area contributed by atoms with Crippen LogP contribution in [0.15, 0.2) is 17.2 Å². The van der Waals surface area contributed by atoms with E-state index in [1.807, 2.05) is 0 Å². The second-order valence-corrected chi connectivity index (χ2v) is 5.59. The lowest BCUT2D eigenvalue weighted by Gasteiger charge is -2.33. The molecule has 1 aliphatic carbocycles. The maximum Gasteiger partial charge on any atom is 0.274 e. The Labute approximate surface area is 122 Å². The minimum absolute atomic E-state index is 0.125. The number of fused-ring (bicyclic) bond motifs is 1. The molecule has 0 spiro atoms. The van der Waals surface area contributed by atoms with E-state index in [0.717, 1.165) is 12.8 Å². The lowest BCUT2D eigenvalue weighted by Crippen LogP contribution is -2.38. The molecule has 2 heterocycles. The third-order valence-electron chi connectivity index (χ3n) is 4.16. The number of aromatic nitrogens is 4. The lowest BCUT2D eigenvalue weighted by molar-refractivity contribution is 0.116. The van der Waals surface area contributed by atoms with Crippen molar-refractivity contribution in [3.8, 4) is 0 Å². The van der Waals surface area contributed by atoms with Crippen molar-refractivity contribution in [3.63, 3.8) is 0 Å². The second-order valence-electron chi connectivity index (χ2n) is 5.59. The summed E-state index contributed by atoms with van der Waals surface area (Å²) >= 11 is 0. The fourth-order valence-electron chi connectivity index (χ4n) is 3.12. The number of rotatable bonds is 5. The number of hydrogen-bond donors (Lipinski definition) is 2. The molecular formula is C14H21N5O2. The maximum atomic E-state index is 12.0. The number of aliphatic hydroxyl groups is 1. The zero-order chi connectivity index (χ0) is 14.7. The Hall–Kier alpha value is -1.73. The van der Waals surface area contributed by atoms with E-state index in [4.69, 9.17) is 0 Å². The van der Waals surface area contributed by atoms with Gasteiger partial charge < -0.3 is 5.11 Å². The third kappa shape index (κ3) is 3.14. The normalized spacial score (nSPS) is 16.9. The highest BCUT2D eigenvalue weighted by Gasteiger charge is 2.21. The predicted molar refractivity (Wildman–Crippen MR) is 78.0 cm³/mol. The second kappa shape index (κ2) is 6.36. The largest absolute Gasteiger partial charge is 0.395 e. The quantitative estimate of drug-likeness (QED) is 0.840. The first-order chi connectivity index (χ1) is 10.3. The van der Waals surface area contributed by atoms with Crippen LogP contribution in [0.2, 0.25) is 0 Å². The summed E-state index contributed by atoms with van der Waals surface area (Å²) in [6, 6.07) is 2.02. The molecule has 0 radical (unpaired) electrons. The van der Waals surface area contributed by atoms with Crippen LogP contribution in [0.1, 0.15) is 37.8 Å². The third-order valence-corrected chi connectivity index (χ3v) is 4.16. The SMILES string of the molecule is O=c1cc(CN(CCO)C2CCCCC2)nc2nc[nH]n12. The van der Waals surface area contributed by atoms with Crippen LogP contribution in [0.25, 0.3) is 5.78 Å². The monoisotopic (exact) mass is 291 g/mol. The van der Waals surface area contributed by atoms with Crippen molar-refractivity contribution < 1.29 is 5.11 Å². The summed E-state index contributed by atoms with van der Waals surface area (Å²) in [7, 11) is 0. The number of aliphatic hydroxyl groups excluding tert-OH is 1. The van der Waals surface area contributed by atoms with Gasteiger partial charge in [0.25, 0.3) is 11.3 Å². The van der Waals surface area contributed by atoms with Gasteiger partial charge in [0.15, 0.2) is 0 Å². The molecule has 0 aromatic carbocycles. The van der Waals surface area contributed by atoms with E-state index in [0.29, 0.717) is 30.6 Å². The molecule has 0 aliphatic heterocycles. The molecule has 1 aliphatic rings. The number of nitrogens with one attached hydrogen (secondary N) is 1. The molecule has 2 aromatic rings. The first-order valence-corrected chi connectivity index (χ1v) is 7.55. The lowest BCUT2D eigenvalue weighted by atomic mass is 9.94. The van der Waals surface area contributed by atoms with Crippen LogP contribution in [0, 0.1) is 0 Å². The average Bonchev–Trinajstić information content (AvgIpc) is 2.97. The van der Waals surface area contributed by atoms with E-state index in [1.165, 1.54) is 30.1 Å². The summed E-state index contributed by atoms with van der Waals surface area (Å²) in [5.74, 6) is 0.394. The van der Waals surface area contributed by atoms with Crippen LogP contribution < -0.4 is 5.56 Å². The van der Waals surface area contributed by atoms with E-state index in [2.05, 4.69) is 20.0 Å². The van der Waals surface area contributed by atoms with Gasteiger partial charge in [0.05, 0.1) is 12.3 Å². The van der Waals surface area contributed by atoms with E-state index < -0.39 is 0 Å². The molecule has 1 saturated carbocycles.